The van der Waals surface area contributed by atoms with Crippen molar-refractivity contribution in [3.8, 4) is 5.75 Å². The van der Waals surface area contributed by atoms with Crippen molar-refractivity contribution in [1.29, 1.82) is 0 Å². The average molecular weight is 423 g/mol. The molecule has 4 rings (SSSR count). The summed E-state index contributed by atoms with van der Waals surface area (Å²) >= 11 is 0. The van der Waals surface area contributed by atoms with Crippen molar-refractivity contribution in [2.75, 3.05) is 20.3 Å². The van der Waals surface area contributed by atoms with E-state index in [1.54, 1.807) is 7.05 Å². The third-order valence-electron chi connectivity index (χ3n) is 5.82. The van der Waals surface area contributed by atoms with E-state index in [0.717, 1.165) is 0 Å². The first kappa shape index (κ1) is 20.4. The first-order chi connectivity index (χ1) is 14.2. The van der Waals surface area contributed by atoms with Gasteiger partial charge in [-0.05, 0) is 6.42 Å². The molecule has 1 spiro atoms. The second-order valence-electron chi connectivity index (χ2n) is 7.65. The highest BCUT2D eigenvalue weighted by Gasteiger charge is 2.47. The monoisotopic (exact) mass is 423 g/mol. The first-order valence-electron chi connectivity index (χ1n) is 9.39. The van der Waals surface area contributed by atoms with Crippen molar-refractivity contribution in [3.05, 3.63) is 62.8 Å². The molecule has 3 heterocycles. The number of hydrogen-bond donors (Lipinski definition) is 2. The van der Waals surface area contributed by atoms with Crippen LogP contribution in [0, 0.1) is 17.5 Å². The van der Waals surface area contributed by atoms with E-state index in [4.69, 9.17) is 4.74 Å². The number of nitrogens with zero attached hydrogens (tertiary/aromatic N) is 2. The standard InChI is InChI=1S/C20H20F3N3O4/c1-25-19(29)16-18(28)17(27)11(8-26(16)9-20(25)2-3-30-10-20)6-24-7-13-14(22)4-12(21)5-15(13)23/h4-5,8,24,28H,2-3,6-7,9-10H2,1H3. The summed E-state index contributed by atoms with van der Waals surface area (Å²) in [6, 6.07) is 1.15. The zero-order valence-corrected chi connectivity index (χ0v) is 16.2. The van der Waals surface area contributed by atoms with E-state index in [2.05, 4.69) is 5.32 Å². The summed E-state index contributed by atoms with van der Waals surface area (Å²) < 4.78 is 47.6. The Balaban J connectivity index is 1.60. The SMILES string of the molecule is CN1C(=O)c2c(O)c(=O)c(CNCc3c(F)cc(F)cc3F)cn2CC12CCOC2. The minimum absolute atomic E-state index is 0.0978. The molecule has 7 nitrogen and oxygen atoms in total. The molecule has 2 N–H and O–H groups in total. The van der Waals surface area contributed by atoms with Crippen LogP contribution in [0.3, 0.4) is 0 Å². The molecule has 1 amide bonds. The molecule has 2 aliphatic rings. The Hall–Kier alpha value is -2.85. The van der Waals surface area contributed by atoms with E-state index in [9.17, 15) is 27.9 Å². The van der Waals surface area contributed by atoms with Gasteiger partial charge in [0.1, 0.15) is 17.5 Å². The number of halogens is 3. The van der Waals surface area contributed by atoms with Crippen LogP contribution in [-0.2, 0) is 24.4 Å². The molecule has 0 radical (unpaired) electrons. The van der Waals surface area contributed by atoms with Gasteiger partial charge in [0.2, 0.25) is 5.43 Å². The molecule has 2 aliphatic heterocycles. The summed E-state index contributed by atoms with van der Waals surface area (Å²) in [5.41, 5.74) is -1.63. The van der Waals surface area contributed by atoms with Gasteiger partial charge < -0.3 is 24.6 Å². The lowest BCUT2D eigenvalue weighted by molar-refractivity contribution is 0.0344. The van der Waals surface area contributed by atoms with Gasteiger partial charge in [0, 0.05) is 62.7 Å². The summed E-state index contributed by atoms with van der Waals surface area (Å²) in [6.07, 6.45) is 2.09. The van der Waals surface area contributed by atoms with Crippen molar-refractivity contribution in [2.45, 2.75) is 31.6 Å². The van der Waals surface area contributed by atoms with Crippen LogP contribution in [0.5, 0.6) is 5.75 Å². The number of fused-ring (bicyclic) bond motifs is 1. The highest BCUT2D eigenvalue weighted by Crippen LogP contribution is 2.34. The molecule has 1 fully saturated rings. The fourth-order valence-electron chi connectivity index (χ4n) is 4.03. The minimum atomic E-state index is -1.04. The molecular weight excluding hydrogens is 403 g/mol. The molecule has 1 aromatic carbocycles. The lowest BCUT2D eigenvalue weighted by Crippen LogP contribution is -2.57. The maximum atomic E-state index is 13.8. The number of carbonyl (C=O) groups is 1. The summed E-state index contributed by atoms with van der Waals surface area (Å²) in [5, 5.41) is 13.1. The van der Waals surface area contributed by atoms with Crippen LogP contribution >= 0.6 is 0 Å². The molecular formula is C20H20F3N3O4. The van der Waals surface area contributed by atoms with E-state index in [1.807, 2.05) is 0 Å². The molecule has 1 atom stereocenters. The summed E-state index contributed by atoms with van der Waals surface area (Å²) in [5.74, 6) is -4.25. The molecule has 0 bridgehead atoms. The van der Waals surface area contributed by atoms with Gasteiger partial charge in [-0.1, -0.05) is 0 Å². The van der Waals surface area contributed by atoms with E-state index >= 15 is 0 Å². The molecule has 0 aliphatic carbocycles. The molecule has 2 aromatic rings. The van der Waals surface area contributed by atoms with E-state index in [-0.39, 0.29) is 29.9 Å². The van der Waals surface area contributed by atoms with Gasteiger partial charge in [0.15, 0.2) is 11.4 Å². The van der Waals surface area contributed by atoms with Gasteiger partial charge in [0.25, 0.3) is 5.91 Å². The normalized spacial score (nSPS) is 20.8. The Morgan fingerprint density at radius 3 is 2.53 bits per heavy atom. The van der Waals surface area contributed by atoms with E-state index < -0.39 is 40.1 Å². The maximum Gasteiger partial charge on any atom is 0.274 e. The van der Waals surface area contributed by atoms with Gasteiger partial charge in [-0.25, -0.2) is 13.2 Å². The van der Waals surface area contributed by atoms with Gasteiger partial charge >= 0.3 is 0 Å². The Labute approximate surface area is 169 Å². The van der Waals surface area contributed by atoms with Crippen LogP contribution in [0.25, 0.3) is 0 Å². The molecule has 0 saturated carbocycles. The third-order valence-corrected chi connectivity index (χ3v) is 5.82. The van der Waals surface area contributed by atoms with Gasteiger partial charge in [-0.2, -0.15) is 0 Å². The second kappa shape index (κ2) is 7.44. The van der Waals surface area contributed by atoms with Crippen LogP contribution in [0.2, 0.25) is 0 Å². The number of amides is 1. The first-order valence-corrected chi connectivity index (χ1v) is 9.39. The second-order valence-corrected chi connectivity index (χ2v) is 7.65. The van der Waals surface area contributed by atoms with E-state index in [0.29, 0.717) is 38.3 Å². The number of rotatable bonds is 4. The fraction of sp³-hybridized carbons (Fsp3) is 0.400. The summed E-state index contributed by atoms with van der Waals surface area (Å²) in [4.78, 5) is 26.8. The number of aromatic nitrogens is 1. The zero-order chi connectivity index (χ0) is 21.6. The number of benzene rings is 1. The lowest BCUT2D eigenvalue weighted by Gasteiger charge is -2.43. The molecule has 1 aromatic heterocycles. The summed E-state index contributed by atoms with van der Waals surface area (Å²) in [6.45, 7) is 0.781. The molecule has 1 unspecified atom stereocenters. The van der Waals surface area contributed by atoms with Crippen LogP contribution < -0.4 is 10.7 Å². The molecule has 30 heavy (non-hydrogen) atoms. The highest BCUT2D eigenvalue weighted by atomic mass is 19.1. The molecule has 1 saturated heterocycles. The smallest absolute Gasteiger partial charge is 0.274 e. The van der Waals surface area contributed by atoms with Crippen molar-refractivity contribution < 1.29 is 27.8 Å². The van der Waals surface area contributed by atoms with E-state index in [1.165, 1.54) is 15.7 Å². The van der Waals surface area contributed by atoms with Crippen LogP contribution in [0.4, 0.5) is 13.2 Å². The number of ether oxygens (including phenoxy) is 1. The number of hydrogen-bond acceptors (Lipinski definition) is 5. The zero-order valence-electron chi connectivity index (χ0n) is 16.2. The quantitative estimate of drug-likeness (QED) is 0.779. The minimum Gasteiger partial charge on any atom is -0.503 e. The van der Waals surface area contributed by atoms with Crippen molar-refractivity contribution >= 4 is 5.91 Å². The predicted molar refractivity (Wildman–Crippen MR) is 99.5 cm³/mol. The number of carbonyl (C=O) groups excluding carboxylic acids is 1. The van der Waals surface area contributed by atoms with Gasteiger partial charge in [-0.15, -0.1) is 0 Å². The third kappa shape index (κ3) is 3.25. The van der Waals surface area contributed by atoms with Crippen LogP contribution in [0.1, 0.15) is 28.0 Å². The number of nitrogens with one attached hydrogen (secondary N) is 1. The fourth-order valence-corrected chi connectivity index (χ4v) is 4.03. The highest BCUT2D eigenvalue weighted by molar-refractivity contribution is 5.96. The van der Waals surface area contributed by atoms with Crippen LogP contribution in [-0.4, -0.2) is 46.3 Å². The van der Waals surface area contributed by atoms with Crippen molar-refractivity contribution in [2.24, 2.45) is 0 Å². The van der Waals surface area contributed by atoms with Gasteiger partial charge in [-0.3, -0.25) is 9.59 Å². The largest absolute Gasteiger partial charge is 0.503 e. The Kier molecular flexibility index (Phi) is 5.07. The lowest BCUT2D eigenvalue weighted by atomic mass is 9.92. The predicted octanol–water partition coefficient (Wildman–Crippen LogP) is 1.51. The number of likely N-dealkylation sites (N-methyl/N-ethyl adjacent to an activating group) is 1. The maximum absolute atomic E-state index is 13.8. The molecule has 160 valence electrons. The van der Waals surface area contributed by atoms with Gasteiger partial charge in [0.05, 0.1) is 12.1 Å². The van der Waals surface area contributed by atoms with Crippen LogP contribution in [0.15, 0.2) is 23.1 Å². The Morgan fingerprint density at radius 2 is 1.90 bits per heavy atom. The number of pyridine rings is 1. The topological polar surface area (TPSA) is 83.8 Å². The Bertz CT molecular complexity index is 1060. The Morgan fingerprint density at radius 1 is 1.20 bits per heavy atom. The van der Waals surface area contributed by atoms with Crippen molar-refractivity contribution in [3.63, 3.8) is 0 Å². The average Bonchev–Trinajstić information content (AvgIpc) is 3.15. The molecule has 10 heteroatoms. The number of aromatic hydroxyl groups is 1. The summed E-state index contributed by atoms with van der Waals surface area (Å²) in [7, 11) is 1.62. The van der Waals surface area contributed by atoms with Crippen molar-refractivity contribution in [1.82, 2.24) is 14.8 Å².